The maximum absolute atomic E-state index is 11.3. The van der Waals surface area contributed by atoms with Crippen molar-refractivity contribution in [3.05, 3.63) is 59.4 Å². The molecule has 0 aliphatic rings. The van der Waals surface area contributed by atoms with Crippen LogP contribution in [0.25, 0.3) is 22.4 Å². The predicted octanol–water partition coefficient (Wildman–Crippen LogP) is 2.11. The second kappa shape index (κ2) is 6.62. The van der Waals surface area contributed by atoms with Crippen LogP contribution in [-0.4, -0.2) is 35.8 Å². The molecule has 0 saturated heterocycles. The van der Waals surface area contributed by atoms with Gasteiger partial charge in [0.2, 0.25) is 5.95 Å². The van der Waals surface area contributed by atoms with Gasteiger partial charge in [-0.1, -0.05) is 12.1 Å². The molecule has 4 rings (SSSR count). The maximum atomic E-state index is 11.3. The van der Waals surface area contributed by atoms with Gasteiger partial charge in [-0.25, -0.2) is 14.5 Å². The molecule has 140 valence electrons. The molecule has 0 aliphatic carbocycles. The van der Waals surface area contributed by atoms with Crippen molar-refractivity contribution >= 4 is 28.6 Å². The van der Waals surface area contributed by atoms with Gasteiger partial charge in [-0.15, -0.1) is 0 Å². The van der Waals surface area contributed by atoms with E-state index in [1.54, 1.807) is 10.9 Å². The third-order valence-corrected chi connectivity index (χ3v) is 4.43. The molecule has 0 spiro atoms. The lowest BCUT2D eigenvalue weighted by Gasteiger charge is -2.08. The molecular formula is C19H17N7O2. The minimum Gasteiger partial charge on any atom is -0.478 e. The normalized spacial score (nSPS) is 11.0. The van der Waals surface area contributed by atoms with Crippen molar-refractivity contribution in [1.29, 1.82) is 0 Å². The Balaban J connectivity index is 1.81. The maximum Gasteiger partial charge on any atom is 0.335 e. The van der Waals surface area contributed by atoms with E-state index in [9.17, 15) is 9.90 Å². The number of rotatable bonds is 4. The standard InChI is InChI=1S/C19H17N7O2/c1-10-6-11(2-3-14(10)20)9-26-17-13(8-23-26)16(24-19(21)25-17)15-7-12(18(27)28)4-5-22-15/h2-8H,9,20H2,1H3,(H,27,28)(H2,21,24,25). The number of carboxylic acid groups (broad SMARTS) is 1. The van der Waals surface area contributed by atoms with Crippen molar-refractivity contribution in [3.63, 3.8) is 0 Å². The van der Waals surface area contributed by atoms with Crippen LogP contribution in [0.5, 0.6) is 0 Å². The molecule has 0 fully saturated rings. The first-order valence-corrected chi connectivity index (χ1v) is 8.46. The Morgan fingerprint density at radius 2 is 2.00 bits per heavy atom. The molecule has 0 amide bonds. The van der Waals surface area contributed by atoms with Gasteiger partial charge in [0.1, 0.15) is 5.69 Å². The van der Waals surface area contributed by atoms with Gasteiger partial charge in [-0.2, -0.15) is 10.1 Å². The molecule has 0 unspecified atom stereocenters. The summed E-state index contributed by atoms with van der Waals surface area (Å²) in [5, 5.41) is 14.3. The van der Waals surface area contributed by atoms with E-state index in [-0.39, 0.29) is 11.5 Å². The number of hydrogen-bond acceptors (Lipinski definition) is 7. The topological polar surface area (TPSA) is 146 Å². The van der Waals surface area contributed by atoms with Crippen molar-refractivity contribution < 1.29 is 9.90 Å². The van der Waals surface area contributed by atoms with E-state index in [4.69, 9.17) is 11.5 Å². The van der Waals surface area contributed by atoms with Crippen LogP contribution in [0, 0.1) is 6.92 Å². The highest BCUT2D eigenvalue weighted by atomic mass is 16.4. The molecule has 0 radical (unpaired) electrons. The summed E-state index contributed by atoms with van der Waals surface area (Å²) < 4.78 is 1.71. The number of hydrogen-bond donors (Lipinski definition) is 3. The van der Waals surface area contributed by atoms with Gasteiger partial charge >= 0.3 is 5.97 Å². The molecule has 0 saturated carbocycles. The van der Waals surface area contributed by atoms with Crippen LogP contribution in [0.15, 0.2) is 42.7 Å². The number of anilines is 2. The van der Waals surface area contributed by atoms with Crippen molar-refractivity contribution in [1.82, 2.24) is 24.7 Å². The Bertz CT molecular complexity index is 1220. The number of nitrogens with zero attached hydrogens (tertiary/aromatic N) is 5. The SMILES string of the molecule is Cc1cc(Cn2ncc3c(-c4cc(C(=O)O)ccn4)nc(N)nc32)ccc1N. The van der Waals surface area contributed by atoms with Crippen LogP contribution in [0.3, 0.4) is 0 Å². The lowest BCUT2D eigenvalue weighted by Crippen LogP contribution is -2.06. The van der Waals surface area contributed by atoms with E-state index in [1.807, 2.05) is 25.1 Å². The van der Waals surface area contributed by atoms with Crippen LogP contribution >= 0.6 is 0 Å². The van der Waals surface area contributed by atoms with Gasteiger partial charge in [0.25, 0.3) is 0 Å². The first kappa shape index (κ1) is 17.4. The number of carbonyl (C=O) groups is 1. The highest BCUT2D eigenvalue weighted by Crippen LogP contribution is 2.26. The molecule has 5 N–H and O–H groups in total. The molecule has 9 nitrogen and oxygen atoms in total. The fourth-order valence-corrected chi connectivity index (χ4v) is 2.99. The van der Waals surface area contributed by atoms with E-state index < -0.39 is 5.97 Å². The van der Waals surface area contributed by atoms with Crippen molar-refractivity contribution in [2.24, 2.45) is 0 Å². The van der Waals surface area contributed by atoms with Gasteiger partial charge in [-0.05, 0) is 36.2 Å². The molecule has 4 aromatic rings. The highest BCUT2D eigenvalue weighted by molar-refractivity contribution is 5.93. The Labute approximate surface area is 159 Å². The molecule has 9 heteroatoms. The average Bonchev–Trinajstić information content (AvgIpc) is 3.06. The molecule has 0 atom stereocenters. The molecule has 3 aromatic heterocycles. The van der Waals surface area contributed by atoms with Crippen LogP contribution in [0.4, 0.5) is 11.6 Å². The Kier molecular flexibility index (Phi) is 4.11. The molecule has 1 aromatic carbocycles. The average molecular weight is 375 g/mol. The second-order valence-electron chi connectivity index (χ2n) is 6.40. The van der Waals surface area contributed by atoms with E-state index in [1.165, 1.54) is 18.3 Å². The lowest BCUT2D eigenvalue weighted by atomic mass is 10.1. The Hall–Kier alpha value is -4.01. The quantitative estimate of drug-likeness (QED) is 0.460. The Morgan fingerprint density at radius 1 is 1.18 bits per heavy atom. The minimum absolute atomic E-state index is 0.0558. The van der Waals surface area contributed by atoms with Crippen molar-refractivity contribution in [3.8, 4) is 11.4 Å². The first-order chi connectivity index (χ1) is 13.4. The third kappa shape index (κ3) is 3.09. The number of nitrogen functional groups attached to an aromatic ring is 2. The summed E-state index contributed by atoms with van der Waals surface area (Å²) in [6, 6.07) is 8.64. The smallest absolute Gasteiger partial charge is 0.335 e. The van der Waals surface area contributed by atoms with E-state index in [0.29, 0.717) is 29.0 Å². The Morgan fingerprint density at radius 3 is 2.75 bits per heavy atom. The summed E-state index contributed by atoms with van der Waals surface area (Å²) >= 11 is 0. The first-order valence-electron chi connectivity index (χ1n) is 8.46. The van der Waals surface area contributed by atoms with Crippen LogP contribution in [-0.2, 0) is 6.54 Å². The van der Waals surface area contributed by atoms with Gasteiger partial charge in [0, 0.05) is 11.9 Å². The van der Waals surface area contributed by atoms with E-state index in [2.05, 4.69) is 20.1 Å². The summed E-state index contributed by atoms with van der Waals surface area (Å²) in [4.78, 5) is 24.1. The van der Waals surface area contributed by atoms with Gasteiger partial charge in [0.05, 0.1) is 29.4 Å². The number of aryl methyl sites for hydroxylation is 1. The molecule has 0 aliphatic heterocycles. The molecule has 3 heterocycles. The predicted molar refractivity (Wildman–Crippen MR) is 105 cm³/mol. The van der Waals surface area contributed by atoms with Crippen LogP contribution < -0.4 is 11.5 Å². The third-order valence-electron chi connectivity index (χ3n) is 4.43. The zero-order chi connectivity index (χ0) is 19.8. The van der Waals surface area contributed by atoms with Gasteiger partial charge in [0.15, 0.2) is 5.65 Å². The van der Waals surface area contributed by atoms with Gasteiger partial charge in [-0.3, -0.25) is 4.98 Å². The van der Waals surface area contributed by atoms with Crippen LogP contribution in [0.2, 0.25) is 0 Å². The number of benzene rings is 1. The summed E-state index contributed by atoms with van der Waals surface area (Å²) in [7, 11) is 0. The summed E-state index contributed by atoms with van der Waals surface area (Å²) in [5.41, 5.74) is 16.0. The number of nitrogens with two attached hydrogens (primary N) is 2. The molecule has 0 bridgehead atoms. The number of aromatic nitrogens is 5. The second-order valence-corrected chi connectivity index (χ2v) is 6.40. The van der Waals surface area contributed by atoms with Crippen molar-refractivity contribution in [2.75, 3.05) is 11.5 Å². The number of pyridine rings is 1. The number of fused-ring (bicyclic) bond motifs is 1. The zero-order valence-corrected chi connectivity index (χ0v) is 15.0. The fraction of sp³-hybridized carbons (Fsp3) is 0.105. The number of carboxylic acids is 1. The minimum atomic E-state index is -1.05. The number of aromatic carboxylic acids is 1. The van der Waals surface area contributed by atoms with Crippen LogP contribution in [0.1, 0.15) is 21.5 Å². The fourth-order valence-electron chi connectivity index (χ4n) is 2.99. The highest BCUT2D eigenvalue weighted by Gasteiger charge is 2.16. The largest absolute Gasteiger partial charge is 0.478 e. The summed E-state index contributed by atoms with van der Waals surface area (Å²) in [5.74, 6) is -0.989. The van der Waals surface area contributed by atoms with Gasteiger partial charge < -0.3 is 16.6 Å². The summed E-state index contributed by atoms with van der Waals surface area (Å²) in [6.45, 7) is 2.42. The van der Waals surface area contributed by atoms with E-state index in [0.717, 1.165) is 16.8 Å². The zero-order valence-electron chi connectivity index (χ0n) is 15.0. The molecule has 28 heavy (non-hydrogen) atoms. The van der Waals surface area contributed by atoms with E-state index >= 15 is 0 Å². The monoisotopic (exact) mass is 375 g/mol. The lowest BCUT2D eigenvalue weighted by molar-refractivity contribution is 0.0697. The summed E-state index contributed by atoms with van der Waals surface area (Å²) in [6.07, 6.45) is 3.05. The van der Waals surface area contributed by atoms with Crippen molar-refractivity contribution in [2.45, 2.75) is 13.5 Å². The molecular weight excluding hydrogens is 358 g/mol.